The fourth-order valence-corrected chi connectivity index (χ4v) is 0.949. The van der Waals surface area contributed by atoms with E-state index in [2.05, 4.69) is 0 Å². The van der Waals surface area contributed by atoms with Gasteiger partial charge in [0.1, 0.15) is 12.0 Å². The fourth-order valence-electron chi connectivity index (χ4n) is 0.949. The maximum atomic E-state index is 10.3. The Kier molecular flexibility index (Phi) is 2.54. The Labute approximate surface area is 67.6 Å². The minimum Gasteiger partial charge on any atom is -0.394 e. The molecular weight excluding hydrogens is 166 g/mol. The first-order valence-electron chi connectivity index (χ1n) is 3.31. The molecule has 3 atom stereocenters. The van der Waals surface area contributed by atoms with Crippen molar-refractivity contribution in [1.29, 1.82) is 0 Å². The highest BCUT2D eigenvalue weighted by atomic mass is 16.7. The highest BCUT2D eigenvalue weighted by molar-refractivity contribution is 5.46. The fraction of sp³-hybridized carbons (Fsp3) is 0.667. The van der Waals surface area contributed by atoms with Gasteiger partial charge in [-0.05, 0) is 0 Å². The number of rotatable bonds is 4. The topological polar surface area (TPSA) is 93.0 Å². The van der Waals surface area contributed by atoms with Crippen LogP contribution in [-0.4, -0.2) is 40.8 Å². The molecule has 0 radical (unpaired) electrons. The van der Waals surface area contributed by atoms with Crippen molar-refractivity contribution in [2.75, 3.05) is 6.61 Å². The number of hydrogen-bond donors (Lipinski definition) is 1. The van der Waals surface area contributed by atoms with Crippen LogP contribution in [-0.2, 0) is 9.53 Å². The van der Waals surface area contributed by atoms with E-state index in [0.29, 0.717) is 0 Å². The summed E-state index contributed by atoms with van der Waals surface area (Å²) in [5, 5.41) is 18.8. The number of hydrogen-bond acceptors (Lipinski definition) is 5. The predicted octanol–water partition coefficient (Wildman–Crippen LogP) is -1.22. The maximum absolute atomic E-state index is 10.3. The molecule has 1 aliphatic rings. The molecule has 1 aliphatic heterocycles. The van der Waals surface area contributed by atoms with E-state index >= 15 is 0 Å². The molecule has 6 heteroatoms. The first-order chi connectivity index (χ1) is 5.70. The van der Waals surface area contributed by atoms with E-state index in [4.69, 9.17) is 9.84 Å². The second kappa shape index (κ2) is 3.44. The third-order valence-electron chi connectivity index (χ3n) is 1.62. The molecule has 12 heavy (non-hydrogen) atoms. The van der Waals surface area contributed by atoms with Crippen LogP contribution in [0.5, 0.6) is 0 Å². The van der Waals surface area contributed by atoms with E-state index in [1.54, 1.807) is 0 Å². The molecule has 0 aromatic rings. The number of aliphatic hydroxyl groups is 1. The summed E-state index contributed by atoms with van der Waals surface area (Å²) in [6.45, 7) is -0.262. The van der Waals surface area contributed by atoms with Crippen molar-refractivity contribution < 1.29 is 19.6 Å². The smallest absolute Gasteiger partial charge is 0.270 e. The van der Waals surface area contributed by atoms with Gasteiger partial charge in [0, 0.05) is 4.92 Å². The minimum absolute atomic E-state index is 0.262. The molecule has 0 bridgehead atoms. The summed E-state index contributed by atoms with van der Waals surface area (Å²) < 4.78 is 4.74. The van der Waals surface area contributed by atoms with Gasteiger partial charge < -0.3 is 9.84 Å². The molecule has 1 rings (SSSR count). The van der Waals surface area contributed by atoms with E-state index in [-0.39, 0.29) is 6.61 Å². The van der Waals surface area contributed by atoms with Gasteiger partial charge >= 0.3 is 0 Å². The largest absolute Gasteiger partial charge is 0.394 e. The zero-order chi connectivity index (χ0) is 9.14. The number of epoxide rings is 1. The second-order valence-electron chi connectivity index (χ2n) is 2.38. The SMILES string of the molecule is O=C=CC(C1OC1CO)[N+](=O)[O-]. The Morgan fingerprint density at radius 3 is 2.83 bits per heavy atom. The lowest BCUT2D eigenvalue weighted by Crippen LogP contribution is -2.25. The summed E-state index contributed by atoms with van der Waals surface area (Å²) in [7, 11) is 0. The van der Waals surface area contributed by atoms with E-state index in [1.165, 1.54) is 5.94 Å². The molecule has 1 N–H and O–H groups in total. The highest BCUT2D eigenvalue weighted by Crippen LogP contribution is 2.26. The monoisotopic (exact) mass is 173 g/mol. The molecule has 0 amide bonds. The van der Waals surface area contributed by atoms with Crippen molar-refractivity contribution in [3.63, 3.8) is 0 Å². The second-order valence-corrected chi connectivity index (χ2v) is 2.38. The van der Waals surface area contributed by atoms with E-state index in [1.807, 2.05) is 0 Å². The van der Waals surface area contributed by atoms with Crippen LogP contribution in [0.15, 0.2) is 6.08 Å². The van der Waals surface area contributed by atoms with Crippen molar-refractivity contribution in [3.8, 4) is 0 Å². The quantitative estimate of drug-likeness (QED) is 0.249. The van der Waals surface area contributed by atoms with Gasteiger partial charge in [-0.3, -0.25) is 10.1 Å². The molecule has 0 aliphatic carbocycles. The molecule has 0 aromatic carbocycles. The molecular formula is C6H7NO5. The lowest BCUT2D eigenvalue weighted by Gasteiger charge is -1.96. The van der Waals surface area contributed by atoms with Gasteiger partial charge in [-0.15, -0.1) is 0 Å². The van der Waals surface area contributed by atoms with Crippen molar-refractivity contribution in [2.24, 2.45) is 0 Å². The van der Waals surface area contributed by atoms with Crippen LogP contribution in [0, 0.1) is 10.1 Å². The summed E-state index contributed by atoms with van der Waals surface area (Å²) in [6.07, 6.45) is -0.392. The Hall–Kier alpha value is -1.23. The molecule has 1 heterocycles. The predicted molar refractivity (Wildman–Crippen MR) is 36.8 cm³/mol. The van der Waals surface area contributed by atoms with Crippen molar-refractivity contribution in [2.45, 2.75) is 18.2 Å². The zero-order valence-corrected chi connectivity index (χ0v) is 6.04. The summed E-state index contributed by atoms with van der Waals surface area (Å²) >= 11 is 0. The minimum atomic E-state index is -1.18. The van der Waals surface area contributed by atoms with Gasteiger partial charge in [-0.25, -0.2) is 4.79 Å². The van der Waals surface area contributed by atoms with Crippen molar-refractivity contribution in [3.05, 3.63) is 16.2 Å². The lowest BCUT2D eigenvalue weighted by atomic mass is 10.2. The molecule has 0 aromatic heterocycles. The summed E-state index contributed by atoms with van der Waals surface area (Å²) in [5.74, 6) is 1.34. The van der Waals surface area contributed by atoms with Crippen LogP contribution in [0.25, 0.3) is 0 Å². The Bertz CT molecular complexity index is 232. The molecule has 3 unspecified atom stereocenters. The van der Waals surface area contributed by atoms with E-state index in [0.717, 1.165) is 6.08 Å². The van der Waals surface area contributed by atoms with Crippen molar-refractivity contribution in [1.82, 2.24) is 0 Å². The van der Waals surface area contributed by atoms with Crippen LogP contribution in [0.3, 0.4) is 0 Å². The number of nitrogens with zero attached hydrogens (tertiary/aromatic N) is 1. The molecule has 0 saturated carbocycles. The number of nitro groups is 1. The van der Waals surface area contributed by atoms with Crippen LogP contribution in [0.1, 0.15) is 0 Å². The van der Waals surface area contributed by atoms with Gasteiger partial charge in [-0.2, -0.15) is 0 Å². The standard InChI is InChI=1S/C6H7NO5/c8-2-1-4(7(10)11)6-5(3-9)12-6/h1,4-6,9H,3H2. The lowest BCUT2D eigenvalue weighted by molar-refractivity contribution is -0.511. The Morgan fingerprint density at radius 2 is 2.50 bits per heavy atom. The van der Waals surface area contributed by atoms with Gasteiger partial charge in [0.15, 0.2) is 6.10 Å². The van der Waals surface area contributed by atoms with Gasteiger partial charge in [0.05, 0.1) is 12.7 Å². The summed E-state index contributed by atoms with van der Waals surface area (Å²) in [5.41, 5.74) is 0. The number of carbonyl (C=O) groups excluding carboxylic acids is 1. The van der Waals surface area contributed by atoms with Crippen LogP contribution in [0.2, 0.25) is 0 Å². The normalized spacial score (nSPS) is 28.8. The Morgan fingerprint density at radius 1 is 1.83 bits per heavy atom. The third-order valence-corrected chi connectivity index (χ3v) is 1.62. The molecule has 1 saturated heterocycles. The van der Waals surface area contributed by atoms with Crippen LogP contribution < -0.4 is 0 Å². The maximum Gasteiger partial charge on any atom is 0.270 e. The third kappa shape index (κ3) is 1.68. The first-order valence-corrected chi connectivity index (χ1v) is 3.31. The zero-order valence-electron chi connectivity index (χ0n) is 6.04. The van der Waals surface area contributed by atoms with Crippen LogP contribution >= 0.6 is 0 Å². The molecule has 6 nitrogen and oxygen atoms in total. The van der Waals surface area contributed by atoms with E-state index in [9.17, 15) is 14.9 Å². The average molecular weight is 173 g/mol. The van der Waals surface area contributed by atoms with Gasteiger partial charge in [0.2, 0.25) is 0 Å². The van der Waals surface area contributed by atoms with Crippen molar-refractivity contribution >= 4 is 5.94 Å². The number of ether oxygens (including phenoxy) is 1. The van der Waals surface area contributed by atoms with Crippen LogP contribution in [0.4, 0.5) is 0 Å². The average Bonchev–Trinajstić information content (AvgIpc) is 2.78. The molecule has 0 spiro atoms. The first kappa shape index (κ1) is 8.86. The van der Waals surface area contributed by atoms with Gasteiger partial charge in [-0.1, -0.05) is 0 Å². The van der Waals surface area contributed by atoms with E-state index < -0.39 is 23.2 Å². The number of aliphatic hydroxyl groups excluding tert-OH is 1. The summed E-state index contributed by atoms with van der Waals surface area (Å²) in [4.78, 5) is 19.5. The molecule has 1 fully saturated rings. The summed E-state index contributed by atoms with van der Waals surface area (Å²) in [6, 6.07) is -1.18. The Balaban J connectivity index is 2.57. The van der Waals surface area contributed by atoms with Gasteiger partial charge in [0.25, 0.3) is 6.04 Å². The highest BCUT2D eigenvalue weighted by Gasteiger charge is 2.50. The molecule has 66 valence electrons.